The van der Waals surface area contributed by atoms with Crippen LogP contribution in [0.4, 0.5) is 17.1 Å². The molecule has 0 aliphatic rings. The highest BCUT2D eigenvalue weighted by Gasteiger charge is 2.19. The van der Waals surface area contributed by atoms with Crippen molar-refractivity contribution < 1.29 is 4.42 Å². The van der Waals surface area contributed by atoms with Gasteiger partial charge in [-0.3, -0.25) is 0 Å². The molecule has 0 saturated carbocycles. The molecule has 0 fully saturated rings. The van der Waals surface area contributed by atoms with Crippen LogP contribution in [0.15, 0.2) is 156 Å². The van der Waals surface area contributed by atoms with Gasteiger partial charge in [-0.2, -0.15) is 0 Å². The molecule has 0 saturated heterocycles. The van der Waals surface area contributed by atoms with Crippen molar-refractivity contribution in [3.05, 3.63) is 152 Å². The van der Waals surface area contributed by atoms with Gasteiger partial charge in [-0.1, -0.05) is 109 Å². The Labute approximate surface area is 242 Å². The summed E-state index contributed by atoms with van der Waals surface area (Å²) in [6.07, 6.45) is 0. The molecule has 1 heterocycles. The van der Waals surface area contributed by atoms with Crippen molar-refractivity contribution in [2.45, 2.75) is 0 Å². The molecule has 0 N–H and O–H groups in total. The summed E-state index contributed by atoms with van der Waals surface area (Å²) >= 11 is 0. The molecule has 0 aliphatic carbocycles. The van der Waals surface area contributed by atoms with E-state index in [0.29, 0.717) is 0 Å². The van der Waals surface area contributed by atoms with E-state index in [4.69, 9.17) is 4.42 Å². The van der Waals surface area contributed by atoms with Crippen LogP contribution >= 0.6 is 0 Å². The van der Waals surface area contributed by atoms with E-state index < -0.39 is 0 Å². The molecule has 0 bridgehead atoms. The summed E-state index contributed by atoms with van der Waals surface area (Å²) in [6.45, 7) is 0. The molecular weight excluding hydrogens is 510 g/mol. The second kappa shape index (κ2) is 8.95. The predicted molar refractivity (Wildman–Crippen MR) is 178 cm³/mol. The third-order valence-corrected chi connectivity index (χ3v) is 8.62. The van der Waals surface area contributed by atoms with Crippen LogP contribution in [0.25, 0.3) is 65.0 Å². The Morgan fingerprint density at radius 3 is 1.88 bits per heavy atom. The Kier molecular flexibility index (Phi) is 4.93. The van der Waals surface area contributed by atoms with Crippen LogP contribution in [0.5, 0.6) is 0 Å². The maximum Gasteiger partial charge on any atom is 0.137 e. The third kappa shape index (κ3) is 3.39. The zero-order valence-corrected chi connectivity index (χ0v) is 22.8. The molecule has 0 atom stereocenters. The summed E-state index contributed by atoms with van der Waals surface area (Å²) in [6, 6.07) is 54.4. The molecule has 0 spiro atoms. The van der Waals surface area contributed by atoms with Crippen LogP contribution in [0.3, 0.4) is 0 Å². The molecule has 196 valence electrons. The van der Waals surface area contributed by atoms with Gasteiger partial charge in [0.1, 0.15) is 11.2 Å². The lowest BCUT2D eigenvalue weighted by Crippen LogP contribution is -2.10. The van der Waals surface area contributed by atoms with Crippen molar-refractivity contribution in [3.8, 4) is 0 Å². The fourth-order valence-electron chi connectivity index (χ4n) is 6.72. The van der Waals surface area contributed by atoms with Gasteiger partial charge >= 0.3 is 0 Å². The maximum atomic E-state index is 6.33. The molecule has 0 aliphatic heterocycles. The van der Waals surface area contributed by atoms with Gasteiger partial charge in [0, 0.05) is 33.6 Å². The zero-order valence-electron chi connectivity index (χ0n) is 22.8. The number of fused-ring (bicyclic) bond motifs is 10. The van der Waals surface area contributed by atoms with E-state index in [0.717, 1.165) is 39.0 Å². The van der Waals surface area contributed by atoms with E-state index in [1.807, 2.05) is 12.1 Å². The fourth-order valence-corrected chi connectivity index (χ4v) is 6.72. The minimum absolute atomic E-state index is 0.887. The van der Waals surface area contributed by atoms with Crippen LogP contribution in [0.1, 0.15) is 0 Å². The number of benzene rings is 8. The lowest BCUT2D eigenvalue weighted by Gasteiger charge is -2.27. The van der Waals surface area contributed by atoms with Gasteiger partial charge in [-0.05, 0) is 74.1 Å². The molecule has 9 aromatic rings. The summed E-state index contributed by atoms with van der Waals surface area (Å²) < 4.78 is 6.33. The van der Waals surface area contributed by atoms with E-state index in [1.165, 1.54) is 43.1 Å². The smallest absolute Gasteiger partial charge is 0.137 e. The minimum atomic E-state index is 0.887. The van der Waals surface area contributed by atoms with Crippen LogP contribution < -0.4 is 4.90 Å². The van der Waals surface area contributed by atoms with Crippen LogP contribution in [0, 0.1) is 0 Å². The molecule has 2 nitrogen and oxygen atoms in total. The van der Waals surface area contributed by atoms with E-state index in [9.17, 15) is 0 Å². The van der Waals surface area contributed by atoms with E-state index >= 15 is 0 Å². The van der Waals surface area contributed by atoms with Gasteiger partial charge in [-0.25, -0.2) is 0 Å². The molecule has 0 radical (unpaired) electrons. The Morgan fingerprint density at radius 2 is 0.976 bits per heavy atom. The predicted octanol–water partition coefficient (Wildman–Crippen LogP) is 11.7. The SMILES string of the molecule is c1ccc(N(c2ccc3c(c2)oc2ccccc23)c2cccc3ccc4c5ccc6ccccc6c5ccc4c23)cc1. The summed E-state index contributed by atoms with van der Waals surface area (Å²) in [5.41, 5.74) is 5.09. The van der Waals surface area contributed by atoms with Crippen molar-refractivity contribution in [3.63, 3.8) is 0 Å². The minimum Gasteiger partial charge on any atom is -0.456 e. The molecule has 0 amide bonds. The van der Waals surface area contributed by atoms with Gasteiger partial charge in [-0.15, -0.1) is 0 Å². The first kappa shape index (κ1) is 23.1. The van der Waals surface area contributed by atoms with Gasteiger partial charge in [0.15, 0.2) is 0 Å². The van der Waals surface area contributed by atoms with Crippen molar-refractivity contribution in [1.82, 2.24) is 0 Å². The highest BCUT2D eigenvalue weighted by molar-refractivity contribution is 6.24. The Hall–Kier alpha value is -5.60. The molecule has 42 heavy (non-hydrogen) atoms. The number of para-hydroxylation sites is 2. The maximum absolute atomic E-state index is 6.33. The largest absolute Gasteiger partial charge is 0.456 e. The standard InChI is InChI=1S/C40H25NO/c1-2-11-28(12-3-1)41(29-19-22-35-34-14-6-7-16-38(34)42-39(35)25-29)37-15-8-10-27-18-21-33-32-20-17-26-9-4-5-13-30(26)31(32)23-24-36(33)40(27)37/h1-25H. The normalized spacial score (nSPS) is 11.8. The number of anilines is 3. The van der Waals surface area contributed by atoms with Gasteiger partial charge in [0.05, 0.1) is 5.69 Å². The van der Waals surface area contributed by atoms with Crippen LogP contribution in [-0.4, -0.2) is 0 Å². The average molecular weight is 536 g/mol. The summed E-state index contributed by atoms with van der Waals surface area (Å²) in [5, 5.41) is 12.3. The second-order valence-corrected chi connectivity index (χ2v) is 10.9. The van der Waals surface area contributed by atoms with Crippen molar-refractivity contribution in [2.75, 3.05) is 4.90 Å². The number of nitrogens with zero attached hydrogens (tertiary/aromatic N) is 1. The van der Waals surface area contributed by atoms with Crippen LogP contribution in [0.2, 0.25) is 0 Å². The lowest BCUT2D eigenvalue weighted by atomic mass is 9.93. The molecule has 1 aromatic heterocycles. The Bertz CT molecular complexity index is 2470. The second-order valence-electron chi connectivity index (χ2n) is 10.9. The number of hydrogen-bond acceptors (Lipinski definition) is 2. The summed E-state index contributed by atoms with van der Waals surface area (Å²) in [5.74, 6) is 0. The van der Waals surface area contributed by atoms with E-state index in [1.54, 1.807) is 0 Å². The number of rotatable bonds is 3. The third-order valence-electron chi connectivity index (χ3n) is 8.62. The lowest BCUT2D eigenvalue weighted by molar-refractivity contribution is 0.669. The van der Waals surface area contributed by atoms with E-state index in [2.05, 4.69) is 144 Å². The van der Waals surface area contributed by atoms with Crippen molar-refractivity contribution in [1.29, 1.82) is 0 Å². The van der Waals surface area contributed by atoms with E-state index in [-0.39, 0.29) is 0 Å². The monoisotopic (exact) mass is 535 g/mol. The topological polar surface area (TPSA) is 16.4 Å². The van der Waals surface area contributed by atoms with Crippen molar-refractivity contribution >= 4 is 82.1 Å². The van der Waals surface area contributed by atoms with Gasteiger partial charge < -0.3 is 9.32 Å². The molecule has 9 rings (SSSR count). The molecule has 8 aromatic carbocycles. The average Bonchev–Trinajstić information content (AvgIpc) is 3.43. The number of furan rings is 1. The fraction of sp³-hybridized carbons (Fsp3) is 0. The first-order valence-electron chi connectivity index (χ1n) is 14.4. The summed E-state index contributed by atoms with van der Waals surface area (Å²) in [7, 11) is 0. The number of hydrogen-bond donors (Lipinski definition) is 0. The quantitative estimate of drug-likeness (QED) is 0.209. The first-order chi connectivity index (χ1) is 20.8. The molecule has 2 heteroatoms. The Balaban J connectivity index is 1.35. The summed E-state index contributed by atoms with van der Waals surface area (Å²) in [4.78, 5) is 2.36. The zero-order chi connectivity index (χ0) is 27.6. The van der Waals surface area contributed by atoms with Crippen molar-refractivity contribution in [2.24, 2.45) is 0 Å². The van der Waals surface area contributed by atoms with Gasteiger partial charge in [0.2, 0.25) is 0 Å². The highest BCUT2D eigenvalue weighted by atomic mass is 16.3. The highest BCUT2D eigenvalue weighted by Crippen LogP contribution is 2.44. The Morgan fingerprint density at radius 1 is 0.357 bits per heavy atom. The van der Waals surface area contributed by atoms with Gasteiger partial charge in [0.25, 0.3) is 0 Å². The van der Waals surface area contributed by atoms with Crippen LogP contribution in [-0.2, 0) is 0 Å². The molecular formula is C40H25NO. The first-order valence-corrected chi connectivity index (χ1v) is 14.4. The molecule has 0 unspecified atom stereocenters.